The Bertz CT molecular complexity index is 1430. The van der Waals surface area contributed by atoms with Crippen LogP contribution in [0, 0.1) is 0 Å². The molecule has 0 atom stereocenters. The molecule has 0 bridgehead atoms. The molecule has 40 heavy (non-hydrogen) atoms. The number of benzene rings is 2. The van der Waals surface area contributed by atoms with E-state index in [1.165, 1.54) is 0 Å². The van der Waals surface area contributed by atoms with Crippen molar-refractivity contribution in [2.45, 2.75) is 17.7 Å². The van der Waals surface area contributed by atoms with Crippen molar-refractivity contribution in [3.8, 4) is 5.75 Å². The number of rotatable bonds is 12. The lowest BCUT2D eigenvalue weighted by Crippen LogP contribution is -2.36. The highest BCUT2D eigenvalue weighted by Crippen LogP contribution is 2.35. The fourth-order valence-corrected chi connectivity index (χ4v) is 5.92. The van der Waals surface area contributed by atoms with Crippen LogP contribution in [0.1, 0.15) is 12.0 Å². The second-order valence-electron chi connectivity index (χ2n) is 9.37. The number of fused-ring (bicyclic) bond motifs is 1. The molecular formula is C27H35N7O5S. The highest BCUT2D eigenvalue weighted by molar-refractivity contribution is 7.89. The lowest BCUT2D eigenvalue weighted by Gasteiger charge is -2.29. The third-order valence-electron chi connectivity index (χ3n) is 6.73. The van der Waals surface area contributed by atoms with E-state index in [0.29, 0.717) is 73.9 Å². The van der Waals surface area contributed by atoms with Crippen LogP contribution >= 0.6 is 0 Å². The molecule has 0 unspecified atom stereocenters. The van der Waals surface area contributed by atoms with Gasteiger partial charge in [0.25, 0.3) is 0 Å². The van der Waals surface area contributed by atoms with E-state index in [1.54, 1.807) is 38.5 Å². The fraction of sp³-hybridized carbons (Fsp3) is 0.407. The minimum atomic E-state index is -3.76. The first kappa shape index (κ1) is 27.9. The Morgan fingerprint density at radius 1 is 1.05 bits per heavy atom. The Labute approximate surface area is 234 Å². The molecule has 3 aromatic rings. The van der Waals surface area contributed by atoms with E-state index >= 15 is 0 Å². The van der Waals surface area contributed by atoms with E-state index in [-0.39, 0.29) is 11.4 Å². The Morgan fingerprint density at radius 3 is 2.67 bits per heavy atom. The summed E-state index contributed by atoms with van der Waals surface area (Å²) in [4.78, 5) is 11.8. The van der Waals surface area contributed by atoms with Crippen molar-refractivity contribution >= 4 is 44.7 Å². The van der Waals surface area contributed by atoms with Gasteiger partial charge in [-0.3, -0.25) is 0 Å². The highest BCUT2D eigenvalue weighted by Gasteiger charge is 2.23. The molecule has 1 aromatic heterocycles. The average molecular weight is 570 g/mol. The van der Waals surface area contributed by atoms with E-state index in [1.807, 2.05) is 18.2 Å². The molecule has 214 valence electrons. The molecule has 2 aliphatic heterocycles. The molecule has 2 aromatic carbocycles. The second-order valence-corrected chi connectivity index (χ2v) is 11.1. The van der Waals surface area contributed by atoms with Crippen LogP contribution < -0.4 is 30.3 Å². The van der Waals surface area contributed by atoms with Gasteiger partial charge in [-0.25, -0.2) is 13.1 Å². The van der Waals surface area contributed by atoms with Crippen molar-refractivity contribution in [1.29, 1.82) is 0 Å². The molecule has 13 heteroatoms. The Balaban J connectivity index is 1.40. The maximum Gasteiger partial charge on any atom is 0.242 e. The van der Waals surface area contributed by atoms with Gasteiger partial charge in [-0.1, -0.05) is 12.1 Å². The van der Waals surface area contributed by atoms with E-state index in [4.69, 9.17) is 19.2 Å². The molecule has 0 radical (unpaired) electrons. The summed E-state index contributed by atoms with van der Waals surface area (Å²) >= 11 is 0. The first-order valence-corrected chi connectivity index (χ1v) is 14.7. The van der Waals surface area contributed by atoms with Gasteiger partial charge in [0.05, 0.1) is 31.7 Å². The molecule has 12 nitrogen and oxygen atoms in total. The molecule has 5 rings (SSSR count). The van der Waals surface area contributed by atoms with E-state index in [9.17, 15) is 8.42 Å². The zero-order chi connectivity index (χ0) is 28.0. The van der Waals surface area contributed by atoms with Crippen molar-refractivity contribution in [1.82, 2.24) is 14.7 Å². The van der Waals surface area contributed by atoms with Crippen LogP contribution in [0.2, 0.25) is 0 Å². The number of sulfonamides is 1. The van der Waals surface area contributed by atoms with Gasteiger partial charge in [0.1, 0.15) is 22.3 Å². The van der Waals surface area contributed by atoms with Crippen LogP contribution in [-0.4, -0.2) is 78.6 Å². The first-order chi connectivity index (χ1) is 19.5. The number of hydrogen-bond acceptors (Lipinski definition) is 11. The molecule has 4 N–H and O–H groups in total. The summed E-state index contributed by atoms with van der Waals surface area (Å²) in [5, 5.41) is 9.84. The summed E-state index contributed by atoms with van der Waals surface area (Å²) in [6.45, 7) is 4.50. The molecule has 0 spiro atoms. The molecule has 3 heterocycles. The normalized spacial score (nSPS) is 14.9. The van der Waals surface area contributed by atoms with Crippen LogP contribution in [0.15, 0.2) is 47.4 Å². The number of anilines is 6. The van der Waals surface area contributed by atoms with Gasteiger partial charge >= 0.3 is 0 Å². The number of nitrogens with one attached hydrogen (secondary N) is 4. The van der Waals surface area contributed by atoms with Gasteiger partial charge in [0.2, 0.25) is 16.0 Å². The van der Waals surface area contributed by atoms with Crippen molar-refractivity contribution in [3.05, 3.63) is 48.0 Å². The van der Waals surface area contributed by atoms with E-state index < -0.39 is 10.0 Å². The average Bonchev–Trinajstić information content (AvgIpc) is 3.45. The molecule has 1 saturated heterocycles. The highest BCUT2D eigenvalue weighted by atomic mass is 32.2. The monoisotopic (exact) mass is 569 g/mol. The number of methoxy groups -OCH3 is 2. The summed E-state index contributed by atoms with van der Waals surface area (Å²) in [7, 11) is -0.545. The van der Waals surface area contributed by atoms with Crippen LogP contribution in [0.5, 0.6) is 5.75 Å². The zero-order valence-corrected chi connectivity index (χ0v) is 23.5. The molecule has 2 aliphatic rings. The summed E-state index contributed by atoms with van der Waals surface area (Å²) < 4.78 is 45.0. The molecule has 0 amide bonds. The van der Waals surface area contributed by atoms with Gasteiger partial charge in [-0.15, -0.1) is 0 Å². The fourth-order valence-electron chi connectivity index (χ4n) is 4.69. The molecule has 0 aliphatic carbocycles. The van der Waals surface area contributed by atoms with Gasteiger partial charge < -0.3 is 35.1 Å². The molecule has 0 saturated carbocycles. The zero-order valence-electron chi connectivity index (χ0n) is 22.7. The molecule has 1 fully saturated rings. The van der Waals surface area contributed by atoms with Gasteiger partial charge in [0, 0.05) is 57.2 Å². The Morgan fingerprint density at radius 2 is 1.88 bits per heavy atom. The minimum Gasteiger partial charge on any atom is -0.494 e. The Kier molecular flexibility index (Phi) is 8.85. The second kappa shape index (κ2) is 12.7. The molecular weight excluding hydrogens is 534 g/mol. The number of para-hydroxylation sites is 1. The quantitative estimate of drug-likeness (QED) is 0.239. The van der Waals surface area contributed by atoms with Crippen molar-refractivity contribution in [3.63, 3.8) is 0 Å². The van der Waals surface area contributed by atoms with Crippen molar-refractivity contribution < 1.29 is 22.6 Å². The summed E-state index contributed by atoms with van der Waals surface area (Å²) in [5.74, 6) is 2.24. The predicted octanol–water partition coefficient (Wildman–Crippen LogP) is 3.09. The van der Waals surface area contributed by atoms with Crippen LogP contribution in [0.25, 0.3) is 0 Å². The summed E-state index contributed by atoms with van der Waals surface area (Å²) in [6.07, 6.45) is 1.28. The third-order valence-corrected chi connectivity index (χ3v) is 8.25. The summed E-state index contributed by atoms with van der Waals surface area (Å²) in [6, 6.07) is 12.7. The SMILES string of the molecule is COCCCNS(=O)(=O)c1ccccc1Nc1nc(Nc2ccc(N3CCOCC3)cc2OC)nc2c1CCN2. The largest absolute Gasteiger partial charge is 0.494 e. The van der Waals surface area contributed by atoms with Crippen LogP contribution in [0.4, 0.5) is 34.6 Å². The smallest absolute Gasteiger partial charge is 0.242 e. The number of morpholine rings is 1. The topological polar surface area (TPSA) is 139 Å². The Hall–Kier alpha value is -3.65. The third kappa shape index (κ3) is 6.39. The number of ether oxygens (including phenoxy) is 3. The predicted molar refractivity (Wildman–Crippen MR) is 155 cm³/mol. The summed E-state index contributed by atoms with van der Waals surface area (Å²) in [5.41, 5.74) is 3.08. The van der Waals surface area contributed by atoms with Crippen molar-refractivity contribution in [2.24, 2.45) is 0 Å². The standard InChI is InChI=1S/C27H35N7O5S/c1-37-15-5-11-29-40(35,36)24-7-4-3-6-22(24)30-26-20-10-12-28-25(20)32-27(33-26)31-21-9-8-19(18-23(21)38-2)34-13-16-39-17-14-34/h3-4,6-9,18,29H,5,10-17H2,1-2H3,(H3,28,30,31,32,33). The van der Waals surface area contributed by atoms with Gasteiger partial charge in [0.15, 0.2) is 0 Å². The van der Waals surface area contributed by atoms with E-state index in [2.05, 4.69) is 30.6 Å². The van der Waals surface area contributed by atoms with Crippen molar-refractivity contribution in [2.75, 3.05) is 81.1 Å². The number of nitrogens with zero attached hydrogens (tertiary/aromatic N) is 3. The lowest BCUT2D eigenvalue weighted by atomic mass is 10.2. The number of aromatic nitrogens is 2. The van der Waals surface area contributed by atoms with Crippen LogP contribution in [0.3, 0.4) is 0 Å². The van der Waals surface area contributed by atoms with Gasteiger partial charge in [-0.05, 0) is 37.1 Å². The van der Waals surface area contributed by atoms with Crippen LogP contribution in [-0.2, 0) is 25.9 Å². The first-order valence-electron chi connectivity index (χ1n) is 13.3. The number of hydrogen-bond donors (Lipinski definition) is 4. The maximum absolute atomic E-state index is 13.1. The maximum atomic E-state index is 13.1. The minimum absolute atomic E-state index is 0.139. The van der Waals surface area contributed by atoms with E-state index in [0.717, 1.165) is 24.3 Å². The van der Waals surface area contributed by atoms with Gasteiger partial charge in [-0.2, -0.15) is 9.97 Å². The lowest BCUT2D eigenvalue weighted by molar-refractivity contribution is 0.122.